The molecule has 0 heterocycles. The van der Waals surface area contributed by atoms with E-state index in [4.69, 9.17) is 19.9 Å². The van der Waals surface area contributed by atoms with Crippen LogP contribution in [0.2, 0.25) is 0 Å². The number of phenols is 1. The van der Waals surface area contributed by atoms with Gasteiger partial charge in [-0.25, -0.2) is 10.3 Å². The molecular formula is C21H20IN3O6. The predicted molar refractivity (Wildman–Crippen MR) is 119 cm³/mol. The van der Waals surface area contributed by atoms with Gasteiger partial charge in [0.2, 0.25) is 0 Å². The van der Waals surface area contributed by atoms with E-state index in [0.717, 1.165) is 9.65 Å². The minimum atomic E-state index is -1.12. The van der Waals surface area contributed by atoms with E-state index in [1.165, 1.54) is 29.8 Å². The fourth-order valence-corrected chi connectivity index (χ4v) is 3.12. The Balaban J connectivity index is 2.34. The van der Waals surface area contributed by atoms with Crippen molar-refractivity contribution in [3.8, 4) is 11.8 Å². The van der Waals surface area contributed by atoms with Crippen LogP contribution >= 0.6 is 22.6 Å². The Labute approximate surface area is 192 Å². The van der Waals surface area contributed by atoms with Gasteiger partial charge in [0.1, 0.15) is 11.9 Å². The zero-order valence-electron chi connectivity index (χ0n) is 16.4. The number of nitrogens with one attached hydrogen (secondary N) is 2. The molecule has 0 aliphatic heterocycles. The number of aromatic hydroxyl groups is 1. The maximum Gasteiger partial charge on any atom is 0.412 e. The summed E-state index contributed by atoms with van der Waals surface area (Å²) >= 11 is 2.05. The van der Waals surface area contributed by atoms with E-state index < -0.39 is 24.2 Å². The van der Waals surface area contributed by atoms with Crippen molar-refractivity contribution in [2.45, 2.75) is 19.1 Å². The molecule has 4 N–H and O–H groups in total. The Morgan fingerprint density at radius 3 is 2.58 bits per heavy atom. The lowest BCUT2D eigenvalue weighted by atomic mass is 10.0. The number of hydroxylamine groups is 1. The summed E-state index contributed by atoms with van der Waals surface area (Å²) in [7, 11) is 0. The number of halogens is 1. The van der Waals surface area contributed by atoms with E-state index in [-0.39, 0.29) is 17.9 Å². The van der Waals surface area contributed by atoms with Gasteiger partial charge in [0.15, 0.2) is 6.10 Å². The molecule has 0 aliphatic carbocycles. The number of nitriles is 1. The fourth-order valence-electron chi connectivity index (χ4n) is 2.61. The summed E-state index contributed by atoms with van der Waals surface area (Å²) in [5, 5.41) is 30.5. The number of rotatable bonds is 8. The number of amides is 2. The minimum Gasteiger partial charge on any atom is -0.508 e. The predicted octanol–water partition coefficient (Wildman–Crippen LogP) is 3.62. The number of hydrogen-bond acceptors (Lipinski definition) is 7. The highest BCUT2D eigenvalue weighted by Crippen LogP contribution is 2.33. The van der Waals surface area contributed by atoms with Crippen molar-refractivity contribution in [1.29, 1.82) is 5.26 Å². The van der Waals surface area contributed by atoms with Crippen LogP contribution in [0.3, 0.4) is 0 Å². The van der Waals surface area contributed by atoms with Gasteiger partial charge in [-0.1, -0.05) is 0 Å². The van der Waals surface area contributed by atoms with E-state index in [1.807, 2.05) is 28.7 Å². The van der Waals surface area contributed by atoms with Crippen LogP contribution < -0.4 is 10.8 Å². The second-order valence-electron chi connectivity index (χ2n) is 6.10. The maximum atomic E-state index is 12.6. The fraction of sp³-hybridized carbons (Fsp3) is 0.190. The standard InChI is InChI=1S/C21H20IN3O6/c1-2-30-18(9-10-19(27)25-29)20(16-11-14(22)5-8-17(16)26)31-21(28)24-15-6-3-13(12-23)4-7-15/h3-11,18,20,26,29H,2H2,1H3,(H,24,28)(H,25,27)/b10-9+/t18-,20-/m1/s1. The zero-order chi connectivity index (χ0) is 22.8. The first-order valence-electron chi connectivity index (χ1n) is 9.08. The number of anilines is 1. The van der Waals surface area contributed by atoms with Crippen molar-refractivity contribution in [3.63, 3.8) is 0 Å². The van der Waals surface area contributed by atoms with Crippen LogP contribution in [0.4, 0.5) is 10.5 Å². The Hall–Kier alpha value is -3.14. The van der Waals surface area contributed by atoms with E-state index in [9.17, 15) is 14.7 Å². The smallest absolute Gasteiger partial charge is 0.412 e. The van der Waals surface area contributed by atoms with E-state index in [1.54, 1.807) is 31.2 Å². The summed E-state index contributed by atoms with van der Waals surface area (Å²) in [4.78, 5) is 24.0. The van der Waals surface area contributed by atoms with Crippen molar-refractivity contribution >= 4 is 40.3 Å². The van der Waals surface area contributed by atoms with Gasteiger partial charge in [-0.15, -0.1) is 0 Å². The molecule has 0 saturated heterocycles. The highest BCUT2D eigenvalue weighted by molar-refractivity contribution is 14.1. The summed E-state index contributed by atoms with van der Waals surface area (Å²) in [5.41, 5.74) is 2.58. The number of benzene rings is 2. The summed E-state index contributed by atoms with van der Waals surface area (Å²) in [6, 6.07) is 12.9. The van der Waals surface area contributed by atoms with Gasteiger partial charge >= 0.3 is 6.09 Å². The maximum absolute atomic E-state index is 12.6. The van der Waals surface area contributed by atoms with Gasteiger partial charge in [-0.05, 0) is 78.1 Å². The molecule has 2 amide bonds. The number of nitrogens with zero attached hydrogens (tertiary/aromatic N) is 1. The third-order valence-corrected chi connectivity index (χ3v) is 4.67. The van der Waals surface area contributed by atoms with Crippen molar-refractivity contribution in [2.24, 2.45) is 0 Å². The van der Waals surface area contributed by atoms with E-state index >= 15 is 0 Å². The van der Waals surface area contributed by atoms with Crippen LogP contribution in [-0.4, -0.2) is 35.0 Å². The zero-order valence-corrected chi connectivity index (χ0v) is 18.6. The summed E-state index contributed by atoms with van der Waals surface area (Å²) in [6.45, 7) is 1.94. The van der Waals surface area contributed by atoms with Crippen LogP contribution in [0.1, 0.15) is 24.2 Å². The van der Waals surface area contributed by atoms with Gasteiger partial charge < -0.3 is 14.6 Å². The molecule has 162 valence electrons. The second kappa shape index (κ2) is 11.9. The molecule has 0 saturated carbocycles. The van der Waals surface area contributed by atoms with Crippen LogP contribution in [0.25, 0.3) is 0 Å². The summed E-state index contributed by atoms with van der Waals surface area (Å²) < 4.78 is 12.0. The Morgan fingerprint density at radius 2 is 1.97 bits per heavy atom. The minimum absolute atomic E-state index is 0.124. The Bertz CT molecular complexity index is 988. The van der Waals surface area contributed by atoms with Gasteiger partial charge in [0, 0.05) is 27.5 Å². The molecule has 31 heavy (non-hydrogen) atoms. The van der Waals surface area contributed by atoms with E-state index in [0.29, 0.717) is 11.3 Å². The molecular weight excluding hydrogens is 517 g/mol. The SMILES string of the molecule is CCO[C@H](/C=C/C(=O)NO)[C@H](OC(=O)Nc1ccc(C#N)cc1)c1cc(I)ccc1O. The second-order valence-corrected chi connectivity index (χ2v) is 7.34. The number of hydrogen-bond donors (Lipinski definition) is 4. The van der Waals surface area contributed by atoms with Gasteiger partial charge in [-0.3, -0.25) is 15.3 Å². The number of phenolic OH excluding ortho intramolecular Hbond substituents is 1. The molecule has 9 nitrogen and oxygen atoms in total. The van der Waals surface area contributed by atoms with Crippen LogP contribution in [0.5, 0.6) is 5.75 Å². The molecule has 0 aliphatic rings. The first-order valence-corrected chi connectivity index (χ1v) is 10.2. The van der Waals surface area contributed by atoms with Crippen LogP contribution in [0, 0.1) is 14.9 Å². The summed E-state index contributed by atoms with van der Waals surface area (Å²) in [6.07, 6.45) is -0.555. The quantitative estimate of drug-likeness (QED) is 0.175. The number of carbonyl (C=O) groups is 2. The van der Waals surface area contributed by atoms with Crippen molar-refractivity contribution in [1.82, 2.24) is 5.48 Å². The molecule has 10 heteroatoms. The largest absolute Gasteiger partial charge is 0.508 e. The lowest BCUT2D eigenvalue weighted by molar-refractivity contribution is -0.124. The Kier molecular flexibility index (Phi) is 9.26. The van der Waals surface area contributed by atoms with Crippen LogP contribution in [-0.2, 0) is 14.3 Å². The molecule has 0 unspecified atom stereocenters. The highest BCUT2D eigenvalue weighted by Gasteiger charge is 2.29. The molecule has 0 bridgehead atoms. The molecule has 2 atom stereocenters. The third-order valence-electron chi connectivity index (χ3n) is 4.00. The molecule has 0 fully saturated rings. The molecule has 0 radical (unpaired) electrons. The van der Waals surface area contributed by atoms with Gasteiger partial charge in [0.25, 0.3) is 5.91 Å². The Morgan fingerprint density at radius 1 is 1.26 bits per heavy atom. The average Bonchev–Trinajstić information content (AvgIpc) is 2.77. The van der Waals surface area contributed by atoms with Crippen molar-refractivity contribution < 1.29 is 29.4 Å². The van der Waals surface area contributed by atoms with Crippen molar-refractivity contribution in [3.05, 3.63) is 69.3 Å². The topological polar surface area (TPSA) is 141 Å². The lowest BCUT2D eigenvalue weighted by Crippen LogP contribution is -2.28. The van der Waals surface area contributed by atoms with Gasteiger partial charge in [0.05, 0.1) is 11.6 Å². The first-order chi connectivity index (χ1) is 14.9. The molecule has 2 aromatic carbocycles. The monoisotopic (exact) mass is 537 g/mol. The third kappa shape index (κ3) is 7.25. The summed E-state index contributed by atoms with van der Waals surface area (Å²) in [5.74, 6) is -0.918. The normalized spacial score (nSPS) is 12.6. The van der Waals surface area contributed by atoms with E-state index in [2.05, 4.69) is 5.32 Å². The average molecular weight is 537 g/mol. The lowest BCUT2D eigenvalue weighted by Gasteiger charge is -2.26. The van der Waals surface area contributed by atoms with Crippen molar-refractivity contribution in [2.75, 3.05) is 11.9 Å². The van der Waals surface area contributed by atoms with Crippen LogP contribution in [0.15, 0.2) is 54.6 Å². The number of carbonyl (C=O) groups excluding carboxylic acids is 2. The first kappa shape index (κ1) is 24.1. The van der Waals surface area contributed by atoms with Gasteiger partial charge in [-0.2, -0.15) is 5.26 Å². The molecule has 2 rings (SSSR count). The highest BCUT2D eigenvalue weighted by atomic mass is 127. The molecule has 0 spiro atoms. The molecule has 2 aromatic rings. The molecule has 0 aromatic heterocycles. The number of ether oxygens (including phenoxy) is 2.